The number of aliphatic hydroxyl groups is 1. The number of rotatable bonds is 5. The molecule has 0 aliphatic rings. The van der Waals surface area contributed by atoms with E-state index in [0.29, 0.717) is 12.5 Å². The van der Waals surface area contributed by atoms with Gasteiger partial charge in [0, 0.05) is 6.61 Å². The molecule has 0 aliphatic heterocycles. The first-order chi connectivity index (χ1) is 6.76. The molecule has 1 rings (SSSR count). The normalized spacial score (nSPS) is 12.8. The van der Waals surface area contributed by atoms with Crippen LogP contribution in [0.4, 0.5) is 0 Å². The molecule has 0 bridgehead atoms. The predicted octanol–water partition coefficient (Wildman–Crippen LogP) is 2.95. The molecule has 0 radical (unpaired) electrons. The van der Waals surface area contributed by atoms with Crippen molar-refractivity contribution in [1.82, 2.24) is 0 Å². The van der Waals surface area contributed by atoms with Crippen molar-refractivity contribution in [3.8, 4) is 0 Å². The molecule has 0 fully saturated rings. The quantitative estimate of drug-likeness (QED) is 0.760. The van der Waals surface area contributed by atoms with Gasteiger partial charge in [-0.3, -0.25) is 0 Å². The second-order valence-corrected chi connectivity index (χ2v) is 3.98. The first-order valence-electron chi connectivity index (χ1n) is 5.42. The summed E-state index contributed by atoms with van der Waals surface area (Å²) in [6.45, 7) is 4.56. The van der Waals surface area contributed by atoms with Gasteiger partial charge in [0.2, 0.25) is 0 Å². The molecule has 0 aliphatic carbocycles. The lowest BCUT2D eigenvalue weighted by Crippen LogP contribution is -2.05. The highest BCUT2D eigenvalue weighted by molar-refractivity contribution is 5.21. The van der Waals surface area contributed by atoms with Crippen molar-refractivity contribution < 1.29 is 5.11 Å². The summed E-state index contributed by atoms with van der Waals surface area (Å²) in [5, 5.41) is 9.05. The standard InChI is InChI=1S/C13H20O/c1-3-12(10-14)8-9-13-6-4-11(2)5-7-13/h4-7,12,14H,3,8-10H2,1-2H3. The molecule has 1 atom stereocenters. The van der Waals surface area contributed by atoms with Crippen molar-refractivity contribution in [1.29, 1.82) is 0 Å². The van der Waals surface area contributed by atoms with Crippen LogP contribution in [0, 0.1) is 12.8 Å². The van der Waals surface area contributed by atoms with E-state index in [-0.39, 0.29) is 0 Å². The fourth-order valence-electron chi connectivity index (χ4n) is 1.55. The molecule has 1 unspecified atom stereocenters. The van der Waals surface area contributed by atoms with E-state index in [4.69, 9.17) is 5.11 Å². The van der Waals surface area contributed by atoms with Crippen LogP contribution in [-0.2, 0) is 6.42 Å². The van der Waals surface area contributed by atoms with Gasteiger partial charge < -0.3 is 5.11 Å². The van der Waals surface area contributed by atoms with E-state index in [1.165, 1.54) is 11.1 Å². The zero-order valence-corrected chi connectivity index (χ0v) is 9.16. The average Bonchev–Trinajstić information content (AvgIpc) is 2.22. The summed E-state index contributed by atoms with van der Waals surface area (Å²) in [5.74, 6) is 0.469. The van der Waals surface area contributed by atoms with Gasteiger partial charge in [-0.05, 0) is 31.2 Å². The van der Waals surface area contributed by atoms with Gasteiger partial charge in [-0.2, -0.15) is 0 Å². The molecule has 0 heterocycles. The van der Waals surface area contributed by atoms with Crippen LogP contribution >= 0.6 is 0 Å². The van der Waals surface area contributed by atoms with Gasteiger partial charge in [0.1, 0.15) is 0 Å². The van der Waals surface area contributed by atoms with Gasteiger partial charge in [0.05, 0.1) is 0 Å². The molecule has 1 aromatic rings. The number of aryl methyl sites for hydroxylation is 2. The molecule has 1 nitrogen and oxygen atoms in total. The molecule has 0 aromatic heterocycles. The summed E-state index contributed by atoms with van der Waals surface area (Å²) < 4.78 is 0. The number of hydrogen-bond donors (Lipinski definition) is 1. The highest BCUT2D eigenvalue weighted by Crippen LogP contribution is 2.13. The summed E-state index contributed by atoms with van der Waals surface area (Å²) in [6.07, 6.45) is 3.25. The Morgan fingerprint density at radius 3 is 2.36 bits per heavy atom. The van der Waals surface area contributed by atoms with Crippen LogP contribution in [0.2, 0.25) is 0 Å². The van der Waals surface area contributed by atoms with E-state index in [2.05, 4.69) is 38.1 Å². The van der Waals surface area contributed by atoms with Crippen LogP contribution in [0.1, 0.15) is 30.9 Å². The number of hydrogen-bond acceptors (Lipinski definition) is 1. The first kappa shape index (κ1) is 11.3. The fraction of sp³-hybridized carbons (Fsp3) is 0.538. The topological polar surface area (TPSA) is 20.2 Å². The largest absolute Gasteiger partial charge is 0.396 e. The van der Waals surface area contributed by atoms with Crippen LogP contribution in [0.5, 0.6) is 0 Å². The van der Waals surface area contributed by atoms with Crippen LogP contribution in [0.15, 0.2) is 24.3 Å². The lowest BCUT2D eigenvalue weighted by molar-refractivity contribution is 0.215. The van der Waals surface area contributed by atoms with Gasteiger partial charge in [-0.15, -0.1) is 0 Å². The summed E-state index contributed by atoms with van der Waals surface area (Å²) in [4.78, 5) is 0. The van der Waals surface area contributed by atoms with Crippen molar-refractivity contribution in [2.24, 2.45) is 5.92 Å². The van der Waals surface area contributed by atoms with E-state index in [0.717, 1.165) is 19.3 Å². The highest BCUT2D eigenvalue weighted by atomic mass is 16.3. The minimum absolute atomic E-state index is 0.322. The Morgan fingerprint density at radius 1 is 1.21 bits per heavy atom. The second-order valence-electron chi connectivity index (χ2n) is 3.98. The minimum atomic E-state index is 0.322. The Balaban J connectivity index is 2.41. The van der Waals surface area contributed by atoms with E-state index >= 15 is 0 Å². The molecule has 78 valence electrons. The maximum atomic E-state index is 9.05. The Kier molecular flexibility index (Phi) is 4.68. The molecule has 0 amide bonds. The van der Waals surface area contributed by atoms with Crippen molar-refractivity contribution in [3.63, 3.8) is 0 Å². The third-order valence-corrected chi connectivity index (χ3v) is 2.80. The Bertz CT molecular complexity index is 246. The van der Waals surface area contributed by atoms with Gasteiger partial charge in [0.25, 0.3) is 0 Å². The van der Waals surface area contributed by atoms with Crippen LogP contribution in [0.3, 0.4) is 0 Å². The van der Waals surface area contributed by atoms with Crippen LogP contribution < -0.4 is 0 Å². The molecule has 1 heteroatoms. The molecule has 14 heavy (non-hydrogen) atoms. The summed E-state index contributed by atoms with van der Waals surface area (Å²) in [6, 6.07) is 8.66. The number of benzene rings is 1. The first-order valence-corrected chi connectivity index (χ1v) is 5.42. The summed E-state index contributed by atoms with van der Waals surface area (Å²) in [7, 11) is 0. The lowest BCUT2D eigenvalue weighted by Gasteiger charge is -2.10. The average molecular weight is 192 g/mol. The monoisotopic (exact) mass is 192 g/mol. The van der Waals surface area contributed by atoms with Gasteiger partial charge in [-0.1, -0.05) is 43.2 Å². The second kappa shape index (κ2) is 5.82. The van der Waals surface area contributed by atoms with E-state index in [1.54, 1.807) is 0 Å². The SMILES string of the molecule is CCC(CO)CCc1ccc(C)cc1. The molecule has 0 saturated carbocycles. The van der Waals surface area contributed by atoms with Crippen molar-refractivity contribution >= 4 is 0 Å². The molecular weight excluding hydrogens is 172 g/mol. The van der Waals surface area contributed by atoms with Crippen LogP contribution in [-0.4, -0.2) is 11.7 Å². The van der Waals surface area contributed by atoms with Gasteiger partial charge in [-0.25, -0.2) is 0 Å². The van der Waals surface area contributed by atoms with E-state index < -0.39 is 0 Å². The maximum absolute atomic E-state index is 9.05. The van der Waals surface area contributed by atoms with Gasteiger partial charge >= 0.3 is 0 Å². The Hall–Kier alpha value is -0.820. The molecule has 0 spiro atoms. The Labute approximate surface area is 86.8 Å². The van der Waals surface area contributed by atoms with Crippen molar-refractivity contribution in [3.05, 3.63) is 35.4 Å². The smallest absolute Gasteiger partial charge is 0.0459 e. The molecule has 1 aromatic carbocycles. The summed E-state index contributed by atoms with van der Waals surface area (Å²) >= 11 is 0. The minimum Gasteiger partial charge on any atom is -0.396 e. The molecular formula is C13H20O. The highest BCUT2D eigenvalue weighted by Gasteiger charge is 2.04. The van der Waals surface area contributed by atoms with E-state index in [1.807, 2.05) is 0 Å². The van der Waals surface area contributed by atoms with E-state index in [9.17, 15) is 0 Å². The lowest BCUT2D eigenvalue weighted by atomic mass is 9.98. The fourth-order valence-corrected chi connectivity index (χ4v) is 1.55. The molecule has 0 saturated heterocycles. The third-order valence-electron chi connectivity index (χ3n) is 2.80. The number of aliphatic hydroxyl groups excluding tert-OH is 1. The third kappa shape index (κ3) is 3.51. The molecule has 1 N–H and O–H groups in total. The van der Waals surface area contributed by atoms with Crippen LogP contribution in [0.25, 0.3) is 0 Å². The van der Waals surface area contributed by atoms with Gasteiger partial charge in [0.15, 0.2) is 0 Å². The zero-order chi connectivity index (χ0) is 10.4. The predicted molar refractivity (Wildman–Crippen MR) is 60.4 cm³/mol. The Morgan fingerprint density at radius 2 is 1.86 bits per heavy atom. The van der Waals surface area contributed by atoms with Crippen molar-refractivity contribution in [2.75, 3.05) is 6.61 Å². The zero-order valence-electron chi connectivity index (χ0n) is 9.16. The summed E-state index contributed by atoms with van der Waals surface area (Å²) in [5.41, 5.74) is 2.69. The maximum Gasteiger partial charge on any atom is 0.0459 e. The van der Waals surface area contributed by atoms with Crippen molar-refractivity contribution in [2.45, 2.75) is 33.1 Å².